The molecule has 0 saturated heterocycles. The third-order valence-electron chi connectivity index (χ3n) is 2.83. The molecule has 0 fully saturated rings. The minimum absolute atomic E-state index is 0.145. The Morgan fingerprint density at radius 2 is 1.95 bits per heavy atom. The summed E-state index contributed by atoms with van der Waals surface area (Å²) in [6, 6.07) is 10.3. The quantitative estimate of drug-likeness (QED) is 0.739. The van der Waals surface area contributed by atoms with Gasteiger partial charge in [-0.25, -0.2) is 4.39 Å². The fourth-order valence-electron chi connectivity index (χ4n) is 1.86. The number of benzene rings is 2. The van der Waals surface area contributed by atoms with Crippen LogP contribution in [-0.4, -0.2) is 0 Å². The minimum atomic E-state index is -0.416. The normalized spacial score (nSPS) is 12.5. The first-order chi connectivity index (χ1) is 8.99. The number of halogens is 4. The van der Waals surface area contributed by atoms with Crippen LogP contribution in [-0.2, 0) is 6.42 Å². The molecule has 0 saturated carbocycles. The average Bonchev–Trinajstić information content (AvgIpc) is 2.34. The molecule has 0 spiro atoms. The second kappa shape index (κ2) is 6.35. The Balaban J connectivity index is 2.25. The minimum Gasteiger partial charge on any atom is -0.324 e. The van der Waals surface area contributed by atoms with Gasteiger partial charge in [0.1, 0.15) is 5.82 Å². The van der Waals surface area contributed by atoms with E-state index < -0.39 is 5.82 Å². The highest BCUT2D eigenvalue weighted by atomic mass is 79.9. The molecule has 0 aliphatic heterocycles. The van der Waals surface area contributed by atoms with Gasteiger partial charge in [-0.1, -0.05) is 61.7 Å². The molecular formula is C14H11Br2ClFN. The average molecular weight is 408 g/mol. The van der Waals surface area contributed by atoms with E-state index in [-0.39, 0.29) is 11.1 Å². The van der Waals surface area contributed by atoms with Crippen LogP contribution in [0.4, 0.5) is 4.39 Å². The van der Waals surface area contributed by atoms with Gasteiger partial charge in [-0.05, 0) is 35.7 Å². The van der Waals surface area contributed by atoms with E-state index in [4.69, 9.17) is 17.3 Å². The molecule has 0 amide bonds. The van der Waals surface area contributed by atoms with Gasteiger partial charge in [-0.3, -0.25) is 0 Å². The van der Waals surface area contributed by atoms with Gasteiger partial charge in [0.05, 0.1) is 5.02 Å². The van der Waals surface area contributed by atoms with Crippen LogP contribution in [0, 0.1) is 5.82 Å². The van der Waals surface area contributed by atoms with Crippen molar-refractivity contribution in [3.8, 4) is 0 Å². The molecule has 0 heterocycles. The molecule has 0 aromatic heterocycles. The van der Waals surface area contributed by atoms with E-state index in [9.17, 15) is 4.39 Å². The van der Waals surface area contributed by atoms with Crippen LogP contribution in [0.3, 0.4) is 0 Å². The lowest BCUT2D eigenvalue weighted by Crippen LogP contribution is -2.14. The van der Waals surface area contributed by atoms with Gasteiger partial charge in [0.25, 0.3) is 0 Å². The highest BCUT2D eigenvalue weighted by molar-refractivity contribution is 9.11. The SMILES string of the molecule is NC(Cc1cccc(F)c1Cl)c1ccc(Br)cc1Br. The Bertz CT molecular complexity index is 604. The van der Waals surface area contributed by atoms with Gasteiger partial charge < -0.3 is 5.73 Å². The van der Waals surface area contributed by atoms with E-state index in [0.717, 1.165) is 14.5 Å². The molecule has 1 unspecified atom stereocenters. The number of hydrogen-bond donors (Lipinski definition) is 1. The van der Waals surface area contributed by atoms with Crippen molar-refractivity contribution in [2.75, 3.05) is 0 Å². The molecule has 2 rings (SSSR count). The van der Waals surface area contributed by atoms with Crippen LogP contribution in [0.2, 0.25) is 5.02 Å². The molecule has 19 heavy (non-hydrogen) atoms. The van der Waals surface area contributed by atoms with Crippen LogP contribution in [0.25, 0.3) is 0 Å². The highest BCUT2D eigenvalue weighted by Gasteiger charge is 2.14. The third kappa shape index (κ3) is 3.57. The smallest absolute Gasteiger partial charge is 0.142 e. The van der Waals surface area contributed by atoms with Crippen molar-refractivity contribution in [1.29, 1.82) is 0 Å². The summed E-state index contributed by atoms with van der Waals surface area (Å²) in [4.78, 5) is 0. The lowest BCUT2D eigenvalue weighted by molar-refractivity contribution is 0.622. The second-order valence-corrected chi connectivity index (χ2v) is 6.34. The van der Waals surface area contributed by atoms with E-state index in [0.29, 0.717) is 12.0 Å². The summed E-state index contributed by atoms with van der Waals surface area (Å²) < 4.78 is 15.3. The maximum atomic E-state index is 13.4. The first kappa shape index (κ1) is 15.0. The monoisotopic (exact) mass is 405 g/mol. The van der Waals surface area contributed by atoms with E-state index in [1.54, 1.807) is 12.1 Å². The fraction of sp³-hybridized carbons (Fsp3) is 0.143. The van der Waals surface area contributed by atoms with E-state index >= 15 is 0 Å². The third-order valence-corrected chi connectivity index (χ3v) is 4.44. The van der Waals surface area contributed by atoms with E-state index in [1.807, 2.05) is 18.2 Å². The largest absolute Gasteiger partial charge is 0.324 e. The van der Waals surface area contributed by atoms with Crippen molar-refractivity contribution in [2.45, 2.75) is 12.5 Å². The predicted octanol–water partition coefficient (Wildman–Crippen LogP) is 5.25. The van der Waals surface area contributed by atoms with Crippen molar-refractivity contribution in [1.82, 2.24) is 0 Å². The maximum Gasteiger partial charge on any atom is 0.142 e. The Hall–Kier alpha value is -0.420. The van der Waals surface area contributed by atoms with Crippen molar-refractivity contribution in [2.24, 2.45) is 5.73 Å². The summed E-state index contributed by atoms with van der Waals surface area (Å²) in [6.45, 7) is 0. The molecular weight excluding hydrogens is 396 g/mol. The molecule has 0 aliphatic carbocycles. The van der Waals surface area contributed by atoms with Gasteiger partial charge in [0.2, 0.25) is 0 Å². The molecule has 2 aromatic rings. The van der Waals surface area contributed by atoms with Gasteiger partial charge in [-0.2, -0.15) is 0 Å². The summed E-state index contributed by atoms with van der Waals surface area (Å²) in [7, 11) is 0. The Morgan fingerprint density at radius 1 is 1.21 bits per heavy atom. The predicted molar refractivity (Wildman–Crippen MR) is 83.9 cm³/mol. The number of nitrogens with two attached hydrogens (primary N) is 1. The summed E-state index contributed by atoms with van der Waals surface area (Å²) in [5.74, 6) is -0.416. The number of rotatable bonds is 3. The molecule has 100 valence electrons. The zero-order chi connectivity index (χ0) is 14.0. The maximum absolute atomic E-state index is 13.4. The van der Waals surface area contributed by atoms with Crippen LogP contribution in [0.1, 0.15) is 17.2 Å². The van der Waals surface area contributed by atoms with Crippen molar-refractivity contribution < 1.29 is 4.39 Å². The van der Waals surface area contributed by atoms with Crippen molar-refractivity contribution in [3.63, 3.8) is 0 Å². The van der Waals surface area contributed by atoms with Crippen LogP contribution >= 0.6 is 43.5 Å². The van der Waals surface area contributed by atoms with Gasteiger partial charge in [-0.15, -0.1) is 0 Å². The zero-order valence-electron chi connectivity index (χ0n) is 9.84. The Kier molecular flexibility index (Phi) is 5.01. The van der Waals surface area contributed by atoms with Crippen LogP contribution < -0.4 is 5.73 Å². The molecule has 1 atom stereocenters. The van der Waals surface area contributed by atoms with Crippen LogP contribution in [0.5, 0.6) is 0 Å². The first-order valence-electron chi connectivity index (χ1n) is 5.62. The van der Waals surface area contributed by atoms with Crippen LogP contribution in [0.15, 0.2) is 45.3 Å². The molecule has 0 aliphatic rings. The molecule has 2 aromatic carbocycles. The molecule has 1 nitrogen and oxygen atoms in total. The topological polar surface area (TPSA) is 26.0 Å². The lowest BCUT2D eigenvalue weighted by Gasteiger charge is -2.15. The number of hydrogen-bond acceptors (Lipinski definition) is 1. The molecule has 0 bridgehead atoms. The first-order valence-corrected chi connectivity index (χ1v) is 7.59. The molecule has 5 heteroatoms. The Labute approximate surface area is 133 Å². The van der Waals surface area contributed by atoms with Crippen molar-refractivity contribution in [3.05, 3.63) is 67.3 Å². The van der Waals surface area contributed by atoms with Crippen molar-refractivity contribution >= 4 is 43.5 Å². The summed E-state index contributed by atoms with van der Waals surface area (Å²) >= 11 is 12.8. The summed E-state index contributed by atoms with van der Waals surface area (Å²) in [5.41, 5.74) is 7.84. The van der Waals surface area contributed by atoms with Gasteiger partial charge in [0, 0.05) is 15.0 Å². The van der Waals surface area contributed by atoms with Gasteiger partial charge in [0.15, 0.2) is 0 Å². The summed E-state index contributed by atoms with van der Waals surface area (Å²) in [5, 5.41) is 0.145. The Morgan fingerprint density at radius 3 is 2.63 bits per heavy atom. The van der Waals surface area contributed by atoms with Gasteiger partial charge >= 0.3 is 0 Å². The van der Waals surface area contributed by atoms with E-state index in [1.165, 1.54) is 6.07 Å². The lowest BCUT2D eigenvalue weighted by atomic mass is 9.99. The standard InChI is InChI=1S/C14H11Br2ClFN/c15-9-4-5-10(11(16)7-9)13(19)6-8-2-1-3-12(18)14(8)17/h1-5,7,13H,6,19H2. The highest BCUT2D eigenvalue weighted by Crippen LogP contribution is 2.29. The molecule has 2 N–H and O–H groups in total. The molecule has 0 radical (unpaired) electrons. The second-order valence-electron chi connectivity index (χ2n) is 4.19. The summed E-state index contributed by atoms with van der Waals surface area (Å²) in [6.07, 6.45) is 0.483. The van der Waals surface area contributed by atoms with E-state index in [2.05, 4.69) is 31.9 Å². The fourth-order valence-corrected chi connectivity index (χ4v) is 3.40. The zero-order valence-corrected chi connectivity index (χ0v) is 13.8.